The van der Waals surface area contributed by atoms with Crippen LogP contribution in [0.1, 0.15) is 60.7 Å². The number of aliphatic hydroxyl groups is 1. The molecule has 17 aromatic rings. The topological polar surface area (TPSA) is 352 Å². The van der Waals surface area contributed by atoms with Crippen LogP contribution < -0.4 is 68.1 Å². The smallest absolute Gasteiger partial charge is 0.261 e. The number of nitrogens with one attached hydrogen (secondary N) is 2. The van der Waals surface area contributed by atoms with Gasteiger partial charge in [-0.1, -0.05) is 32.1 Å². The average Bonchev–Trinajstić information content (AvgIpc) is 1.58. The van der Waals surface area contributed by atoms with E-state index in [1.54, 1.807) is 145 Å². The Morgan fingerprint density at radius 3 is 1.22 bits per heavy atom. The number of morpholine rings is 1. The normalized spacial score (nSPS) is 13.4. The molecule has 1 aliphatic carbocycles. The van der Waals surface area contributed by atoms with Gasteiger partial charge in [-0.15, -0.1) is 6.58 Å². The van der Waals surface area contributed by atoms with E-state index in [1.807, 2.05) is 159 Å². The van der Waals surface area contributed by atoms with Gasteiger partial charge in [0, 0.05) is 237 Å². The zero-order valence-electron chi connectivity index (χ0n) is 82.9. The number of anilines is 8. The van der Waals surface area contributed by atoms with Gasteiger partial charge in [-0.05, 0) is 117 Å². The Labute approximate surface area is 834 Å². The van der Waals surface area contributed by atoms with E-state index in [0.717, 1.165) is 184 Å². The lowest BCUT2D eigenvalue weighted by atomic mass is 10.1. The second-order valence-electron chi connectivity index (χ2n) is 35.2. The van der Waals surface area contributed by atoms with Crippen molar-refractivity contribution < 1.29 is 57.3 Å². The van der Waals surface area contributed by atoms with Crippen LogP contribution in [0.4, 0.5) is 45.5 Å². The van der Waals surface area contributed by atoms with E-state index >= 15 is 0 Å². The van der Waals surface area contributed by atoms with Gasteiger partial charge >= 0.3 is 0 Å². The number of methoxy groups -OCH3 is 8. The molecule has 35 heteroatoms. The highest BCUT2D eigenvalue weighted by Gasteiger charge is 2.36. The minimum atomic E-state index is -0.272. The Kier molecular flexibility index (Phi) is 31.5. The van der Waals surface area contributed by atoms with Gasteiger partial charge in [-0.3, -0.25) is 53.2 Å². The first-order chi connectivity index (χ1) is 70.1. The minimum absolute atomic E-state index is 0.00815. The Morgan fingerprint density at radius 2 is 0.826 bits per heavy atom. The van der Waals surface area contributed by atoms with Crippen molar-refractivity contribution in [2.45, 2.75) is 71.2 Å². The number of hydrogen-bond acceptors (Lipinski definition) is 30. The molecule has 0 bridgehead atoms. The van der Waals surface area contributed by atoms with Crippen LogP contribution in [0.2, 0.25) is 0 Å². The summed E-state index contributed by atoms with van der Waals surface area (Å²) in [5, 5.41) is 33.5. The molecule has 20 rings (SSSR count). The van der Waals surface area contributed by atoms with Crippen LogP contribution in [-0.4, -0.2) is 235 Å². The van der Waals surface area contributed by atoms with E-state index in [-0.39, 0.29) is 37.0 Å². The Bertz CT molecular complexity index is 7260. The number of aryl methyl sites for hydroxylation is 2. The van der Waals surface area contributed by atoms with E-state index in [0.29, 0.717) is 85.0 Å². The average molecular weight is 1940 g/mol. The highest BCUT2D eigenvalue weighted by Crippen LogP contribution is 2.43. The molecule has 2 atom stereocenters. The molecular weight excluding hydrogens is 1820 g/mol. The molecule has 0 radical (unpaired) electrons. The quantitative estimate of drug-likeness (QED) is 0.0242. The van der Waals surface area contributed by atoms with Crippen LogP contribution in [0.25, 0.3) is 89.2 Å². The van der Waals surface area contributed by atoms with Gasteiger partial charge in [-0.2, -0.15) is 20.4 Å². The van der Waals surface area contributed by atoms with Crippen LogP contribution in [0.5, 0.6) is 46.0 Å². The van der Waals surface area contributed by atoms with Crippen molar-refractivity contribution in [1.82, 2.24) is 94.5 Å². The maximum atomic E-state index is 12.9. The lowest BCUT2D eigenvalue weighted by molar-refractivity contribution is 0.0653. The molecular formula is C109H117N23O12. The second kappa shape index (κ2) is 45.8. The Hall–Kier alpha value is -16.5. The fraction of sp³-hybridized carbons (Fsp3) is 0.284. The number of benzene rings is 9. The van der Waals surface area contributed by atoms with E-state index in [4.69, 9.17) is 62.6 Å². The molecule has 8 aromatic heterocycles. The number of imide groups is 1. The minimum Gasteiger partial charge on any atom is -0.497 e. The molecule has 2 aliphatic heterocycles. The fourth-order valence-electron chi connectivity index (χ4n) is 17.2. The number of aliphatic hydroxyl groups excluding tert-OH is 1. The summed E-state index contributed by atoms with van der Waals surface area (Å²) in [7, 11) is 17.0. The molecule has 144 heavy (non-hydrogen) atoms. The first-order valence-corrected chi connectivity index (χ1v) is 47.5. The summed E-state index contributed by atoms with van der Waals surface area (Å²) in [5.41, 5.74) is 21.6. The molecule has 1 saturated heterocycles. The third kappa shape index (κ3) is 23.7. The number of carbonyl (C=O) groups is 2. The van der Waals surface area contributed by atoms with Gasteiger partial charge in [0.2, 0.25) is 0 Å². The van der Waals surface area contributed by atoms with E-state index < -0.39 is 0 Å². The predicted molar refractivity (Wildman–Crippen MR) is 558 cm³/mol. The largest absolute Gasteiger partial charge is 0.497 e. The third-order valence-electron chi connectivity index (χ3n) is 24.8. The zero-order chi connectivity index (χ0) is 100. The van der Waals surface area contributed by atoms with Crippen molar-refractivity contribution in [2.24, 2.45) is 20.0 Å². The van der Waals surface area contributed by atoms with Crippen molar-refractivity contribution in [3.8, 4) is 91.0 Å². The van der Waals surface area contributed by atoms with Crippen LogP contribution in [0.15, 0.2) is 257 Å². The molecule has 2 amide bonds. The molecule has 3 N–H and O–H groups in total. The lowest BCUT2D eigenvalue weighted by Gasteiger charge is -2.33. The summed E-state index contributed by atoms with van der Waals surface area (Å²) in [4.78, 5) is 74.1. The standard InChI is InChI=1S/C32H30N6O5.C26H32N6O2.C26H27N5O2.C25H28N6O3/c1-42-24-14-23(15-25(17-24)43-2)37(10-5-11-38-31(40)26-6-3-4-7-27(26)32(38)41)22-8-9-28-29(16-22)35-30(19-33-28)21-18-34-36(20-21)12-13-39;1-17(2)27-13-18(3)32(21-9-22(33-5)12-23(10-21)34-6)20-7-8-24-25(11-20)30-26(15-28-24)19-14-29-31(4)16-19;1-4-9-30-17-19(14-28-30)26-15-27-24-8-7-20(12-25(24)29-26)31(16-18-5-6-18)21-10-22(32-2)13-23(11-21)33-3;1-30-14-17(12-28-30)25-13-27-23-5-4-19(10-24(23)29-25)31(15-18-16-34-7-6-26-18)20-8-21(32-2)11-22(9-20)33-3/h3-4,6-9,14-20,39H,5,10-13H2,1-2H3;7-12,14-18,27H,13H2,1-6H3;4,7-8,10-15,17-18H,1,5-6,9,16H2,2-3H3;4-5,8-14,18,26H,6-7,15-16H2,1-3H3. The molecule has 1 saturated carbocycles. The van der Waals surface area contributed by atoms with Crippen molar-refractivity contribution in [3.05, 3.63) is 268 Å². The van der Waals surface area contributed by atoms with E-state index in [1.165, 1.54) is 17.7 Å². The number of hydrogen-bond donors (Lipinski definition) is 3. The number of amides is 2. The maximum Gasteiger partial charge on any atom is 0.261 e. The predicted octanol–water partition coefficient (Wildman–Crippen LogP) is 17.3. The van der Waals surface area contributed by atoms with Crippen LogP contribution in [0, 0.1) is 5.92 Å². The second-order valence-corrected chi connectivity index (χ2v) is 35.2. The molecule has 2 unspecified atom stereocenters. The van der Waals surface area contributed by atoms with Gasteiger partial charge in [0.25, 0.3) is 11.8 Å². The number of carbonyl (C=O) groups excluding carboxylic acids is 2. The monoisotopic (exact) mass is 1940 g/mol. The zero-order valence-corrected chi connectivity index (χ0v) is 82.9. The SMILES string of the molecule is C=CCn1cc(-c2cnc3ccc(N(CC4CC4)c4cc(OC)cc(OC)c4)cc3n2)cn1.COc1cc(OC)cc(N(CC2COCCN2)c2ccc3ncc(-c4cnn(C)c4)nc3c2)c1.COc1cc(OC)cc(N(CCCN2C(=O)c3ccccc3C2=O)c2ccc3ncc(-c4cnn(CCO)c4)nc3c2)c1.COc1cc(OC)cc(N(c2ccc3ncc(-c4cnn(C)c4)nc3c2)C(C)CNC(C)C)c1. The third-order valence-corrected chi connectivity index (χ3v) is 24.8. The Balaban J connectivity index is 0.000000132. The summed E-state index contributed by atoms with van der Waals surface area (Å²) in [6.45, 7) is 16.7. The fourth-order valence-corrected chi connectivity index (χ4v) is 17.2. The molecule has 2 fully saturated rings. The van der Waals surface area contributed by atoms with Crippen LogP contribution >= 0.6 is 0 Å². The van der Waals surface area contributed by atoms with Crippen molar-refractivity contribution >= 4 is 101 Å². The lowest BCUT2D eigenvalue weighted by Crippen LogP contribution is -2.47. The molecule has 9 aromatic carbocycles. The number of nitrogens with zero attached hydrogens (tertiary/aromatic N) is 21. The van der Waals surface area contributed by atoms with Crippen molar-refractivity contribution in [2.75, 3.05) is 136 Å². The van der Waals surface area contributed by atoms with Gasteiger partial charge in [-0.25, -0.2) is 19.9 Å². The molecule has 3 aliphatic rings. The van der Waals surface area contributed by atoms with Crippen molar-refractivity contribution in [3.63, 3.8) is 0 Å². The first-order valence-electron chi connectivity index (χ1n) is 47.5. The first kappa shape index (κ1) is 99.1. The van der Waals surface area contributed by atoms with E-state index in [2.05, 4.69) is 134 Å². The number of allylic oxidation sites excluding steroid dienone is 1. The van der Waals surface area contributed by atoms with Crippen LogP contribution in [0.3, 0.4) is 0 Å². The number of aromatic nitrogens is 16. The maximum absolute atomic E-state index is 12.9. The van der Waals surface area contributed by atoms with Gasteiger partial charge in [0.1, 0.15) is 46.0 Å². The van der Waals surface area contributed by atoms with Gasteiger partial charge in [0.15, 0.2) is 0 Å². The molecule has 35 nitrogen and oxygen atoms in total. The number of ether oxygens (including phenoxy) is 9. The summed E-state index contributed by atoms with van der Waals surface area (Å²) in [6, 6.07) is 55.4. The highest BCUT2D eigenvalue weighted by atomic mass is 16.5. The molecule has 740 valence electrons. The summed E-state index contributed by atoms with van der Waals surface area (Å²) in [5.74, 6) is 5.87. The number of fused-ring (bicyclic) bond motifs is 5. The summed E-state index contributed by atoms with van der Waals surface area (Å²) < 4.78 is 57.0. The summed E-state index contributed by atoms with van der Waals surface area (Å²) >= 11 is 0. The molecule has 0 spiro atoms. The Morgan fingerprint density at radius 1 is 0.444 bits per heavy atom. The van der Waals surface area contributed by atoms with Gasteiger partial charge in [0.05, 0.1) is 217 Å². The number of rotatable bonds is 36. The van der Waals surface area contributed by atoms with Crippen LogP contribution in [-0.2, 0) is 31.9 Å². The van der Waals surface area contributed by atoms with Crippen molar-refractivity contribution in [1.29, 1.82) is 0 Å². The van der Waals surface area contributed by atoms with Gasteiger partial charge < -0.3 is 78.0 Å². The van der Waals surface area contributed by atoms with E-state index in [9.17, 15) is 14.7 Å². The molecule has 10 heterocycles. The summed E-state index contributed by atoms with van der Waals surface area (Å²) in [6.07, 6.45) is 26.7. The highest BCUT2D eigenvalue weighted by molar-refractivity contribution is 6.21.